The van der Waals surface area contributed by atoms with Gasteiger partial charge in [-0.1, -0.05) is 249 Å². The fourth-order valence-electron chi connectivity index (χ4n) is 13.2. The third-order valence-electron chi connectivity index (χ3n) is 17.1. The van der Waals surface area contributed by atoms with Crippen molar-refractivity contribution >= 4 is 65.4 Å². The van der Waals surface area contributed by atoms with Crippen LogP contribution in [0.25, 0.3) is 161 Å². The van der Waals surface area contributed by atoms with Crippen LogP contribution < -0.4 is 0 Å². The first-order valence-electron chi connectivity index (χ1n) is 29.5. The number of fused-ring (bicyclic) bond motifs is 9. The Morgan fingerprint density at radius 1 is 0.195 bits per heavy atom. The number of hydrogen-bond donors (Lipinski definition) is 0. The van der Waals surface area contributed by atoms with Crippen LogP contribution in [0.4, 0.5) is 0 Å². The lowest BCUT2D eigenvalue weighted by Crippen LogP contribution is -2.13. The second kappa shape index (κ2) is 20.5. The molecular formula is C80H51N7. The Morgan fingerprint density at radius 2 is 0.471 bits per heavy atom. The molecule has 0 unspecified atom stereocenters. The number of para-hydroxylation sites is 5. The highest BCUT2D eigenvalue weighted by molar-refractivity contribution is 6.15. The molecule has 0 atom stereocenters. The lowest BCUT2D eigenvalue weighted by atomic mass is 9.97. The molecule has 0 aliphatic rings. The van der Waals surface area contributed by atoms with E-state index >= 15 is 0 Å². The van der Waals surface area contributed by atoms with E-state index in [1.54, 1.807) is 0 Å². The van der Waals surface area contributed by atoms with Crippen molar-refractivity contribution < 1.29 is 0 Å². The molecule has 0 saturated heterocycles. The first-order chi connectivity index (χ1) is 43.2. The molecule has 17 aromatic rings. The Bertz CT molecular complexity index is 5010. The van der Waals surface area contributed by atoms with Crippen molar-refractivity contribution in [3.8, 4) is 96.0 Å². The standard InChI is InChI=1S/C80H51N7/c1-6-26-52(27-7-1)57-46-47-73-63(48-57)62-40-20-25-45-72(62)87(73)78-76(79-81-64(53-28-8-2-9-29-53)49-65(82-79)54-30-10-3-11-31-54)74(85-68-41-21-16-36-58(68)59-37-17-22-42-69(59)85)51-75(86-70-43-23-18-38-60(70)61-39-19-24-44-71(61)86)77(78)80-83-66(55-32-12-4-13-33-55)50-67(84-80)56-34-14-5-15-35-56/h1-51H. The van der Waals surface area contributed by atoms with Crippen LogP contribution in [-0.4, -0.2) is 33.6 Å². The average Bonchev–Trinajstić information content (AvgIpc) is 1.77. The molecule has 12 aromatic carbocycles. The van der Waals surface area contributed by atoms with Crippen LogP contribution in [-0.2, 0) is 0 Å². The van der Waals surface area contributed by atoms with Crippen molar-refractivity contribution in [2.24, 2.45) is 0 Å². The van der Waals surface area contributed by atoms with Crippen LogP contribution >= 0.6 is 0 Å². The van der Waals surface area contributed by atoms with E-state index < -0.39 is 0 Å². The Morgan fingerprint density at radius 3 is 0.816 bits per heavy atom. The highest BCUT2D eigenvalue weighted by atomic mass is 15.1. The van der Waals surface area contributed by atoms with E-state index in [1.165, 1.54) is 0 Å². The van der Waals surface area contributed by atoms with Crippen molar-refractivity contribution in [2.45, 2.75) is 0 Å². The molecule has 0 aliphatic carbocycles. The van der Waals surface area contributed by atoms with Crippen LogP contribution in [0.1, 0.15) is 0 Å². The molecule has 5 heterocycles. The molecule has 406 valence electrons. The molecule has 7 heteroatoms. The second-order valence-corrected chi connectivity index (χ2v) is 22.1. The smallest absolute Gasteiger partial charge is 0.164 e. The minimum absolute atomic E-state index is 0.534. The van der Waals surface area contributed by atoms with Gasteiger partial charge in [0.15, 0.2) is 11.6 Å². The lowest BCUT2D eigenvalue weighted by molar-refractivity contribution is 1.07. The summed E-state index contributed by atoms with van der Waals surface area (Å²) in [5.41, 5.74) is 19.6. The van der Waals surface area contributed by atoms with E-state index in [9.17, 15) is 0 Å². The van der Waals surface area contributed by atoms with E-state index in [2.05, 4.69) is 323 Å². The second-order valence-electron chi connectivity index (χ2n) is 22.1. The van der Waals surface area contributed by atoms with Crippen molar-refractivity contribution in [1.29, 1.82) is 0 Å². The summed E-state index contributed by atoms with van der Waals surface area (Å²) in [6, 6.07) is 110. The fraction of sp³-hybridized carbons (Fsp3) is 0. The van der Waals surface area contributed by atoms with Crippen LogP contribution in [0, 0.1) is 0 Å². The third kappa shape index (κ3) is 8.27. The van der Waals surface area contributed by atoms with Crippen LogP contribution in [0.3, 0.4) is 0 Å². The number of nitrogens with zero attached hydrogens (tertiary/aromatic N) is 7. The fourth-order valence-corrected chi connectivity index (χ4v) is 13.2. The van der Waals surface area contributed by atoms with Crippen molar-refractivity contribution in [3.63, 3.8) is 0 Å². The maximum Gasteiger partial charge on any atom is 0.164 e. The Kier molecular flexibility index (Phi) is 11.7. The predicted molar refractivity (Wildman–Crippen MR) is 359 cm³/mol. The predicted octanol–water partition coefficient (Wildman–Crippen LogP) is 20.2. The zero-order chi connectivity index (χ0) is 57.4. The normalized spacial score (nSPS) is 11.7. The molecule has 0 bridgehead atoms. The first-order valence-corrected chi connectivity index (χ1v) is 29.5. The number of rotatable bonds is 10. The molecule has 7 nitrogen and oxygen atoms in total. The summed E-state index contributed by atoms with van der Waals surface area (Å²) < 4.78 is 7.37. The lowest BCUT2D eigenvalue weighted by Gasteiger charge is -2.26. The molecular weight excluding hydrogens is 1060 g/mol. The van der Waals surface area contributed by atoms with Gasteiger partial charge >= 0.3 is 0 Å². The van der Waals surface area contributed by atoms with Gasteiger partial charge in [0.05, 0.1) is 84.1 Å². The van der Waals surface area contributed by atoms with Crippen LogP contribution in [0.2, 0.25) is 0 Å². The highest BCUT2D eigenvalue weighted by Gasteiger charge is 2.33. The van der Waals surface area contributed by atoms with Gasteiger partial charge in [-0.15, -0.1) is 0 Å². The van der Waals surface area contributed by atoms with Gasteiger partial charge in [0, 0.05) is 54.6 Å². The summed E-state index contributed by atoms with van der Waals surface area (Å²) in [7, 11) is 0. The highest BCUT2D eigenvalue weighted by Crippen LogP contribution is 2.50. The Balaban J connectivity index is 1.16. The number of benzene rings is 12. The van der Waals surface area contributed by atoms with Gasteiger partial charge in [0.2, 0.25) is 0 Å². The average molecular weight is 1110 g/mol. The molecule has 0 amide bonds. The molecule has 0 fully saturated rings. The molecule has 87 heavy (non-hydrogen) atoms. The van der Waals surface area contributed by atoms with Gasteiger partial charge in [-0.05, 0) is 71.8 Å². The maximum atomic E-state index is 5.89. The maximum absolute atomic E-state index is 5.89. The van der Waals surface area contributed by atoms with Gasteiger partial charge in [-0.2, -0.15) is 0 Å². The Labute approximate surface area is 501 Å². The van der Waals surface area contributed by atoms with Crippen LogP contribution in [0.5, 0.6) is 0 Å². The summed E-state index contributed by atoms with van der Waals surface area (Å²) in [4.78, 5) is 23.5. The molecule has 17 rings (SSSR count). The minimum atomic E-state index is 0.534. The number of hydrogen-bond acceptors (Lipinski definition) is 4. The van der Waals surface area contributed by atoms with Gasteiger partial charge in [-0.25, -0.2) is 19.9 Å². The van der Waals surface area contributed by atoms with Crippen molar-refractivity contribution in [2.75, 3.05) is 0 Å². The van der Waals surface area contributed by atoms with E-state index in [0.29, 0.717) is 11.6 Å². The quantitative estimate of drug-likeness (QED) is 0.137. The Hall–Kier alpha value is -11.8. The summed E-state index contributed by atoms with van der Waals surface area (Å²) in [6.45, 7) is 0. The number of aromatic nitrogens is 7. The molecule has 0 spiro atoms. The first kappa shape index (κ1) is 49.8. The van der Waals surface area contributed by atoms with Gasteiger partial charge in [-0.3, -0.25) is 0 Å². The zero-order valence-electron chi connectivity index (χ0n) is 47.1. The van der Waals surface area contributed by atoms with E-state index in [-0.39, 0.29) is 0 Å². The SMILES string of the molecule is c1ccc(-c2ccc3c(c2)c2ccccc2n3-c2c(-c3nc(-c4ccccc4)cc(-c4ccccc4)n3)c(-n3c4ccccc4c4ccccc43)cc(-n3c4ccccc4c4ccccc43)c2-c2nc(-c3ccccc3)cc(-c3ccccc3)n2)cc1. The van der Waals surface area contributed by atoms with E-state index in [4.69, 9.17) is 19.9 Å². The summed E-state index contributed by atoms with van der Waals surface area (Å²) >= 11 is 0. The van der Waals surface area contributed by atoms with Crippen molar-refractivity contribution in [3.05, 3.63) is 309 Å². The zero-order valence-corrected chi connectivity index (χ0v) is 47.1. The van der Waals surface area contributed by atoms with Crippen molar-refractivity contribution in [1.82, 2.24) is 33.6 Å². The molecule has 0 saturated carbocycles. The van der Waals surface area contributed by atoms with Gasteiger partial charge in [0.25, 0.3) is 0 Å². The topological polar surface area (TPSA) is 66.3 Å². The summed E-state index contributed by atoms with van der Waals surface area (Å²) in [5, 5.41) is 6.70. The monoisotopic (exact) mass is 1110 g/mol. The van der Waals surface area contributed by atoms with Gasteiger partial charge in [0.1, 0.15) is 0 Å². The molecule has 0 radical (unpaired) electrons. The largest absolute Gasteiger partial charge is 0.308 e. The van der Waals surface area contributed by atoms with E-state index in [1.807, 2.05) is 0 Å². The summed E-state index contributed by atoms with van der Waals surface area (Å²) in [5.74, 6) is 1.07. The molecule has 5 aromatic heterocycles. The minimum Gasteiger partial charge on any atom is -0.308 e. The van der Waals surface area contributed by atoms with Gasteiger partial charge < -0.3 is 13.7 Å². The molecule has 0 N–H and O–H groups in total. The van der Waals surface area contributed by atoms with E-state index in [0.717, 1.165) is 150 Å². The third-order valence-corrected chi connectivity index (χ3v) is 17.1. The summed E-state index contributed by atoms with van der Waals surface area (Å²) in [6.07, 6.45) is 0. The van der Waals surface area contributed by atoms with Crippen LogP contribution in [0.15, 0.2) is 309 Å². The molecule has 0 aliphatic heterocycles.